The molecule has 1 fully saturated rings. The normalized spacial score (nSPS) is 14.4. The maximum Gasteiger partial charge on any atom is 0.275 e. The second-order valence-electron chi connectivity index (χ2n) is 9.38. The van der Waals surface area contributed by atoms with Crippen molar-refractivity contribution < 1.29 is 9.18 Å². The highest BCUT2D eigenvalue weighted by Gasteiger charge is 2.21. The van der Waals surface area contributed by atoms with Crippen LogP contribution in [0.2, 0.25) is 0 Å². The van der Waals surface area contributed by atoms with Crippen molar-refractivity contribution in [2.75, 3.05) is 43.4 Å². The molecule has 0 aliphatic carbocycles. The number of piperazine rings is 1. The van der Waals surface area contributed by atoms with Crippen molar-refractivity contribution in [2.45, 2.75) is 19.9 Å². The van der Waals surface area contributed by atoms with Crippen molar-refractivity contribution in [3.63, 3.8) is 0 Å². The summed E-state index contributed by atoms with van der Waals surface area (Å²) < 4.78 is 15.5. The predicted octanol–water partition coefficient (Wildman–Crippen LogP) is 4.66. The zero-order valence-electron chi connectivity index (χ0n) is 20.7. The smallest absolute Gasteiger partial charge is 0.275 e. The molecule has 2 N–H and O–H groups in total. The van der Waals surface area contributed by atoms with E-state index in [1.54, 1.807) is 24.7 Å². The minimum Gasteiger partial charge on any atom is -0.369 e. The first-order valence-corrected chi connectivity index (χ1v) is 12.1. The minimum absolute atomic E-state index is 0.114. The van der Waals surface area contributed by atoms with E-state index in [1.807, 2.05) is 42.7 Å². The average molecular weight is 488 g/mol. The van der Waals surface area contributed by atoms with Gasteiger partial charge in [0.2, 0.25) is 0 Å². The van der Waals surface area contributed by atoms with Gasteiger partial charge in [-0.1, -0.05) is 0 Å². The van der Waals surface area contributed by atoms with Crippen molar-refractivity contribution in [1.29, 1.82) is 0 Å². The lowest BCUT2D eigenvalue weighted by Crippen LogP contribution is -2.44. The molecule has 1 aliphatic heterocycles. The number of halogens is 1. The molecule has 0 radical (unpaired) electrons. The van der Waals surface area contributed by atoms with Gasteiger partial charge < -0.3 is 24.7 Å². The van der Waals surface area contributed by atoms with Crippen LogP contribution < -0.4 is 10.2 Å². The van der Waals surface area contributed by atoms with Gasteiger partial charge in [0.1, 0.15) is 17.2 Å². The summed E-state index contributed by atoms with van der Waals surface area (Å²) in [5, 5.41) is 2.93. The average Bonchev–Trinajstić information content (AvgIpc) is 3.53. The number of hydrogen-bond donors (Lipinski definition) is 2. The van der Waals surface area contributed by atoms with Gasteiger partial charge in [0.15, 0.2) is 5.82 Å². The number of hydrogen-bond acceptors (Lipinski definition) is 5. The summed E-state index contributed by atoms with van der Waals surface area (Å²) in [5.74, 6) is -0.0861. The van der Waals surface area contributed by atoms with Gasteiger partial charge >= 0.3 is 0 Å². The van der Waals surface area contributed by atoms with Crippen LogP contribution in [0.4, 0.5) is 15.8 Å². The Kier molecular flexibility index (Phi) is 6.56. The summed E-state index contributed by atoms with van der Waals surface area (Å²) in [6, 6.07) is 14.2. The third-order valence-electron chi connectivity index (χ3n) is 6.50. The van der Waals surface area contributed by atoms with Gasteiger partial charge in [0, 0.05) is 55.4 Å². The molecule has 5 rings (SSSR count). The SMILES string of the molecule is CC(C)n1cnc(-c2ccc(F)cc2)c1-c1nc(C(=O)Nc2ccc(N3CCN(C)CC3)cc2)c[nH]1. The Morgan fingerprint density at radius 1 is 1.03 bits per heavy atom. The van der Waals surface area contributed by atoms with Gasteiger partial charge in [-0.15, -0.1) is 0 Å². The van der Waals surface area contributed by atoms with Gasteiger partial charge in [-0.05, 0) is 69.4 Å². The number of H-pyrrole nitrogens is 1. The third kappa shape index (κ3) is 4.87. The van der Waals surface area contributed by atoms with Gasteiger partial charge in [-0.25, -0.2) is 14.4 Å². The number of aromatic amines is 1. The van der Waals surface area contributed by atoms with Gasteiger partial charge in [-0.3, -0.25) is 4.79 Å². The maximum absolute atomic E-state index is 13.5. The zero-order chi connectivity index (χ0) is 25.2. The molecule has 1 saturated heterocycles. The van der Waals surface area contributed by atoms with Gasteiger partial charge in [0.25, 0.3) is 5.91 Å². The molecule has 0 bridgehead atoms. The summed E-state index contributed by atoms with van der Waals surface area (Å²) in [7, 11) is 2.14. The van der Waals surface area contributed by atoms with E-state index >= 15 is 0 Å². The standard InChI is InChI=1S/C27H30FN7O/c1-18(2)35-17-30-24(19-4-6-20(28)7-5-19)25(35)26-29-16-23(32-26)27(36)31-21-8-10-22(11-9-21)34-14-12-33(3)13-15-34/h4-11,16-18H,12-15H2,1-3H3,(H,29,32)(H,31,36). The Morgan fingerprint density at radius 3 is 2.39 bits per heavy atom. The zero-order valence-corrected chi connectivity index (χ0v) is 20.7. The van der Waals surface area contributed by atoms with E-state index in [9.17, 15) is 9.18 Å². The molecular weight excluding hydrogens is 457 g/mol. The first-order chi connectivity index (χ1) is 17.4. The Balaban J connectivity index is 1.34. The van der Waals surface area contributed by atoms with Crippen LogP contribution in [0, 0.1) is 5.82 Å². The van der Waals surface area contributed by atoms with E-state index in [0.717, 1.165) is 43.1 Å². The van der Waals surface area contributed by atoms with Crippen molar-refractivity contribution in [2.24, 2.45) is 0 Å². The number of nitrogens with zero attached hydrogens (tertiary/aromatic N) is 5. The number of benzene rings is 2. The lowest BCUT2D eigenvalue weighted by atomic mass is 10.1. The van der Waals surface area contributed by atoms with E-state index in [0.29, 0.717) is 17.2 Å². The Morgan fingerprint density at radius 2 is 1.72 bits per heavy atom. The molecule has 2 aromatic carbocycles. The molecule has 0 saturated carbocycles. The highest BCUT2D eigenvalue weighted by molar-refractivity contribution is 6.03. The largest absolute Gasteiger partial charge is 0.369 e. The quantitative estimate of drug-likeness (QED) is 0.413. The van der Waals surface area contributed by atoms with Crippen molar-refractivity contribution in [1.82, 2.24) is 24.4 Å². The topological polar surface area (TPSA) is 82.1 Å². The maximum atomic E-state index is 13.5. The van der Waals surface area contributed by atoms with Crippen LogP contribution in [0.1, 0.15) is 30.4 Å². The number of carbonyl (C=O) groups is 1. The predicted molar refractivity (Wildman–Crippen MR) is 140 cm³/mol. The highest BCUT2D eigenvalue weighted by Crippen LogP contribution is 2.32. The number of imidazole rings is 2. The van der Waals surface area contributed by atoms with Crippen LogP contribution in [-0.4, -0.2) is 63.6 Å². The third-order valence-corrected chi connectivity index (χ3v) is 6.50. The van der Waals surface area contributed by atoms with Crippen LogP contribution in [0.15, 0.2) is 61.1 Å². The second kappa shape index (κ2) is 9.94. The van der Waals surface area contributed by atoms with Crippen molar-refractivity contribution in [3.8, 4) is 22.8 Å². The van der Waals surface area contributed by atoms with Crippen LogP contribution >= 0.6 is 0 Å². The molecule has 1 amide bonds. The molecule has 36 heavy (non-hydrogen) atoms. The number of likely N-dealkylation sites (N-methyl/N-ethyl adjacent to an activating group) is 1. The van der Waals surface area contributed by atoms with Crippen molar-refractivity contribution in [3.05, 3.63) is 72.6 Å². The van der Waals surface area contributed by atoms with E-state index in [-0.39, 0.29) is 23.5 Å². The Labute approximate surface area is 209 Å². The molecule has 1 aliphatic rings. The number of rotatable bonds is 6. The van der Waals surface area contributed by atoms with Gasteiger partial charge in [-0.2, -0.15) is 0 Å². The molecule has 8 nitrogen and oxygen atoms in total. The van der Waals surface area contributed by atoms with E-state index in [4.69, 9.17) is 0 Å². The van der Waals surface area contributed by atoms with E-state index in [2.05, 4.69) is 37.1 Å². The first-order valence-electron chi connectivity index (χ1n) is 12.1. The highest BCUT2D eigenvalue weighted by atomic mass is 19.1. The van der Waals surface area contributed by atoms with Crippen LogP contribution in [-0.2, 0) is 0 Å². The lowest BCUT2D eigenvalue weighted by molar-refractivity contribution is 0.102. The monoisotopic (exact) mass is 487 g/mol. The summed E-state index contributed by atoms with van der Waals surface area (Å²) in [4.78, 5) is 29.9. The van der Waals surface area contributed by atoms with Crippen LogP contribution in [0.3, 0.4) is 0 Å². The summed E-state index contributed by atoms with van der Waals surface area (Å²) in [6.45, 7) is 8.15. The molecule has 9 heteroatoms. The number of anilines is 2. The van der Waals surface area contributed by atoms with Crippen molar-refractivity contribution >= 4 is 17.3 Å². The summed E-state index contributed by atoms with van der Waals surface area (Å²) in [5.41, 5.74) is 4.32. The fourth-order valence-corrected chi connectivity index (χ4v) is 4.38. The summed E-state index contributed by atoms with van der Waals surface area (Å²) >= 11 is 0. The number of amides is 1. The Bertz CT molecular complexity index is 1330. The van der Waals surface area contributed by atoms with Crippen LogP contribution in [0.25, 0.3) is 22.8 Å². The first kappa shape index (κ1) is 23.7. The molecule has 0 atom stereocenters. The van der Waals surface area contributed by atoms with Gasteiger partial charge in [0.05, 0.1) is 12.0 Å². The molecule has 0 spiro atoms. The molecule has 186 valence electrons. The second-order valence-corrected chi connectivity index (χ2v) is 9.38. The molecule has 4 aromatic rings. The fraction of sp³-hybridized carbons (Fsp3) is 0.296. The number of carbonyl (C=O) groups excluding carboxylic acids is 1. The molecule has 3 heterocycles. The number of aromatic nitrogens is 4. The minimum atomic E-state index is -0.308. The number of nitrogens with one attached hydrogen (secondary N) is 2. The summed E-state index contributed by atoms with van der Waals surface area (Å²) in [6.07, 6.45) is 3.33. The lowest BCUT2D eigenvalue weighted by Gasteiger charge is -2.34. The molecule has 0 unspecified atom stereocenters. The fourth-order valence-electron chi connectivity index (χ4n) is 4.38. The van der Waals surface area contributed by atoms with Crippen LogP contribution in [0.5, 0.6) is 0 Å². The Hall–Kier alpha value is -3.98. The van der Waals surface area contributed by atoms with E-state index in [1.165, 1.54) is 12.1 Å². The van der Waals surface area contributed by atoms with E-state index < -0.39 is 0 Å². The molecule has 2 aromatic heterocycles. The molecular formula is C27H30FN7O.